The van der Waals surface area contributed by atoms with Crippen LogP contribution >= 0.6 is 0 Å². The van der Waals surface area contributed by atoms with E-state index in [1.54, 1.807) is 0 Å². The summed E-state index contributed by atoms with van der Waals surface area (Å²) in [7, 11) is -8.92. The molecule has 1 aliphatic rings. The second-order valence-corrected chi connectivity index (χ2v) is 7.45. The van der Waals surface area contributed by atoms with Gasteiger partial charge in [-0.05, 0) is 18.2 Å². The molecule has 0 saturated carbocycles. The Morgan fingerprint density at radius 1 is 1.19 bits per heavy atom. The number of hydrogen-bond donors (Lipinski definition) is 1. The first-order chi connectivity index (χ1) is 9.79. The van der Waals surface area contributed by atoms with Crippen molar-refractivity contribution in [2.75, 3.05) is 26.4 Å². The molecule has 0 spiro atoms. The third-order valence-corrected chi connectivity index (χ3v) is 5.02. The summed E-state index contributed by atoms with van der Waals surface area (Å²) in [5, 5.41) is 0. The standard InChI is InChI=1S/C11H14FNO6S2/c12-20(14,15)10-2-1-3-11(6-10)21(16,17)13-7-9-8-18-4-5-19-9/h1-3,6,9,13H,4-5,7-8H2. The van der Waals surface area contributed by atoms with Gasteiger partial charge in [0.1, 0.15) is 0 Å². The highest BCUT2D eigenvalue weighted by Gasteiger charge is 2.21. The maximum Gasteiger partial charge on any atom is 0.332 e. The first-order valence-electron chi connectivity index (χ1n) is 6.03. The van der Waals surface area contributed by atoms with Gasteiger partial charge >= 0.3 is 10.2 Å². The van der Waals surface area contributed by atoms with Crippen LogP contribution in [0.25, 0.3) is 0 Å². The molecular formula is C11H14FNO6S2. The third-order valence-electron chi connectivity index (χ3n) is 2.78. The summed E-state index contributed by atoms with van der Waals surface area (Å²) in [6, 6.07) is 4.07. The molecule has 0 amide bonds. The molecule has 7 nitrogen and oxygen atoms in total. The van der Waals surface area contributed by atoms with Crippen molar-refractivity contribution in [3.8, 4) is 0 Å². The Morgan fingerprint density at radius 2 is 1.90 bits per heavy atom. The van der Waals surface area contributed by atoms with E-state index in [1.165, 1.54) is 6.07 Å². The minimum absolute atomic E-state index is 0.0189. The third kappa shape index (κ3) is 4.45. The van der Waals surface area contributed by atoms with Crippen LogP contribution in [0.4, 0.5) is 3.89 Å². The molecule has 1 aliphatic heterocycles. The van der Waals surface area contributed by atoms with E-state index in [0.29, 0.717) is 13.2 Å². The van der Waals surface area contributed by atoms with Gasteiger partial charge in [-0.2, -0.15) is 8.42 Å². The average Bonchev–Trinajstić information content (AvgIpc) is 2.46. The second kappa shape index (κ2) is 6.36. The lowest BCUT2D eigenvalue weighted by Gasteiger charge is -2.23. The van der Waals surface area contributed by atoms with Crippen molar-refractivity contribution < 1.29 is 30.2 Å². The van der Waals surface area contributed by atoms with Gasteiger partial charge in [-0.25, -0.2) is 13.1 Å². The zero-order valence-electron chi connectivity index (χ0n) is 10.9. The van der Waals surface area contributed by atoms with Crippen LogP contribution in [-0.2, 0) is 29.7 Å². The number of nitrogens with one attached hydrogen (secondary N) is 1. The van der Waals surface area contributed by atoms with E-state index >= 15 is 0 Å². The highest BCUT2D eigenvalue weighted by Crippen LogP contribution is 2.17. The van der Waals surface area contributed by atoms with Crippen LogP contribution in [0.2, 0.25) is 0 Å². The van der Waals surface area contributed by atoms with Gasteiger partial charge in [0, 0.05) is 6.54 Å². The maximum atomic E-state index is 12.9. The zero-order chi connectivity index (χ0) is 15.5. The molecule has 1 fully saturated rings. The molecule has 0 aromatic heterocycles. The molecular weight excluding hydrogens is 325 g/mol. The van der Waals surface area contributed by atoms with Crippen molar-refractivity contribution in [2.24, 2.45) is 0 Å². The van der Waals surface area contributed by atoms with Crippen LogP contribution in [0.3, 0.4) is 0 Å². The zero-order valence-corrected chi connectivity index (χ0v) is 12.5. The Balaban J connectivity index is 2.12. The lowest BCUT2D eigenvalue weighted by molar-refractivity contribution is -0.0846. The van der Waals surface area contributed by atoms with Crippen molar-refractivity contribution >= 4 is 20.2 Å². The normalized spacial score (nSPS) is 20.3. The van der Waals surface area contributed by atoms with E-state index in [4.69, 9.17) is 9.47 Å². The first kappa shape index (κ1) is 16.3. The Labute approximate surface area is 122 Å². The maximum absolute atomic E-state index is 12.9. The van der Waals surface area contributed by atoms with Gasteiger partial charge in [-0.15, -0.1) is 3.89 Å². The van der Waals surface area contributed by atoms with Gasteiger partial charge in [-0.1, -0.05) is 6.07 Å². The van der Waals surface area contributed by atoms with E-state index in [-0.39, 0.29) is 18.0 Å². The molecule has 0 radical (unpaired) electrons. The van der Waals surface area contributed by atoms with Gasteiger partial charge in [0.15, 0.2) is 0 Å². The van der Waals surface area contributed by atoms with Crippen LogP contribution in [0.15, 0.2) is 34.1 Å². The van der Waals surface area contributed by atoms with E-state index in [2.05, 4.69) is 4.72 Å². The highest BCUT2D eigenvalue weighted by molar-refractivity contribution is 7.89. The van der Waals surface area contributed by atoms with Crippen molar-refractivity contribution in [3.05, 3.63) is 24.3 Å². The minimum Gasteiger partial charge on any atom is -0.376 e. The number of sulfonamides is 1. The summed E-state index contributed by atoms with van der Waals surface area (Å²) in [6.07, 6.45) is -0.415. The molecule has 0 bridgehead atoms. The summed E-state index contributed by atoms with van der Waals surface area (Å²) in [5.74, 6) is 0. The van der Waals surface area contributed by atoms with Gasteiger partial charge in [0.05, 0.1) is 35.7 Å². The Hall–Kier alpha value is -1.07. The summed E-state index contributed by atoms with van der Waals surface area (Å²) in [5.41, 5.74) is 0. The largest absolute Gasteiger partial charge is 0.376 e. The van der Waals surface area contributed by atoms with E-state index in [9.17, 15) is 20.7 Å². The number of benzene rings is 1. The Kier molecular flexibility index (Phi) is 4.94. The number of rotatable bonds is 5. The van der Waals surface area contributed by atoms with Crippen molar-refractivity contribution in [1.82, 2.24) is 4.72 Å². The molecule has 1 N–H and O–H groups in total. The van der Waals surface area contributed by atoms with Crippen LogP contribution in [0.1, 0.15) is 0 Å². The Bertz CT molecular complexity index is 697. The highest BCUT2D eigenvalue weighted by atomic mass is 32.3. The molecule has 1 saturated heterocycles. The van der Waals surface area contributed by atoms with Crippen LogP contribution in [-0.4, -0.2) is 49.3 Å². The predicted molar refractivity (Wildman–Crippen MR) is 70.5 cm³/mol. The van der Waals surface area contributed by atoms with Gasteiger partial charge in [0.25, 0.3) is 0 Å². The molecule has 1 aromatic rings. The van der Waals surface area contributed by atoms with Crippen LogP contribution < -0.4 is 4.72 Å². The average molecular weight is 339 g/mol. The van der Waals surface area contributed by atoms with E-state index < -0.39 is 31.2 Å². The van der Waals surface area contributed by atoms with Crippen LogP contribution in [0, 0.1) is 0 Å². The Morgan fingerprint density at radius 3 is 2.52 bits per heavy atom. The quantitative estimate of drug-likeness (QED) is 0.761. The van der Waals surface area contributed by atoms with E-state index in [0.717, 1.165) is 18.2 Å². The van der Waals surface area contributed by atoms with Crippen molar-refractivity contribution in [1.29, 1.82) is 0 Å². The predicted octanol–water partition coefficient (Wildman–Crippen LogP) is 0.0385. The molecule has 2 rings (SSSR count). The van der Waals surface area contributed by atoms with E-state index in [1.807, 2.05) is 0 Å². The number of ether oxygens (including phenoxy) is 2. The first-order valence-corrected chi connectivity index (χ1v) is 8.89. The molecule has 1 unspecified atom stereocenters. The molecule has 0 aliphatic carbocycles. The fraction of sp³-hybridized carbons (Fsp3) is 0.455. The fourth-order valence-corrected chi connectivity index (χ4v) is 3.43. The lowest BCUT2D eigenvalue weighted by Crippen LogP contribution is -2.39. The SMILES string of the molecule is O=S(=O)(F)c1cccc(S(=O)(=O)NCC2COCCO2)c1. The van der Waals surface area contributed by atoms with Crippen molar-refractivity contribution in [3.63, 3.8) is 0 Å². The number of hydrogen-bond acceptors (Lipinski definition) is 6. The van der Waals surface area contributed by atoms with Crippen molar-refractivity contribution in [2.45, 2.75) is 15.9 Å². The van der Waals surface area contributed by atoms with Gasteiger partial charge in [0.2, 0.25) is 10.0 Å². The molecule has 118 valence electrons. The second-order valence-electron chi connectivity index (χ2n) is 4.33. The molecule has 1 heterocycles. The summed E-state index contributed by atoms with van der Waals surface area (Å²) < 4.78 is 71.2. The molecule has 1 atom stereocenters. The monoisotopic (exact) mass is 339 g/mol. The number of halogens is 1. The fourth-order valence-electron chi connectivity index (χ4n) is 1.73. The smallest absolute Gasteiger partial charge is 0.332 e. The lowest BCUT2D eigenvalue weighted by atomic mass is 10.3. The molecule has 10 heteroatoms. The molecule has 21 heavy (non-hydrogen) atoms. The van der Waals surface area contributed by atoms with Gasteiger partial charge in [-0.3, -0.25) is 0 Å². The minimum atomic E-state index is -4.96. The summed E-state index contributed by atoms with van der Waals surface area (Å²) in [6.45, 7) is 1.08. The van der Waals surface area contributed by atoms with Gasteiger partial charge < -0.3 is 9.47 Å². The van der Waals surface area contributed by atoms with Crippen LogP contribution in [0.5, 0.6) is 0 Å². The summed E-state index contributed by atoms with van der Waals surface area (Å²) >= 11 is 0. The topological polar surface area (TPSA) is 98.8 Å². The molecule has 1 aromatic carbocycles. The summed E-state index contributed by atoms with van der Waals surface area (Å²) in [4.78, 5) is -1.04.